The Morgan fingerprint density at radius 1 is 1.62 bits per heavy atom. The first kappa shape index (κ1) is 9.26. The number of halogens is 2. The molecule has 13 heavy (non-hydrogen) atoms. The fraction of sp³-hybridized carbons (Fsp3) is 0.125. The Kier molecular flexibility index (Phi) is 2.65. The highest BCUT2D eigenvalue weighted by atomic mass is 19.3. The van der Waals surface area contributed by atoms with Gasteiger partial charge in [0, 0.05) is 11.8 Å². The Bertz CT molecular complexity index is 371. The van der Waals surface area contributed by atoms with Crippen molar-refractivity contribution < 1.29 is 13.6 Å². The van der Waals surface area contributed by atoms with Gasteiger partial charge in [0.25, 0.3) is 6.43 Å². The molecule has 66 valence electrons. The molecule has 0 aromatic carbocycles. The van der Waals surface area contributed by atoms with Gasteiger partial charge in [0.2, 0.25) is 0 Å². The molecule has 0 saturated heterocycles. The summed E-state index contributed by atoms with van der Waals surface area (Å²) in [6, 6.07) is 2.59. The molecule has 0 N–H and O–H groups in total. The van der Waals surface area contributed by atoms with Crippen LogP contribution in [0.4, 0.5) is 8.78 Å². The Morgan fingerprint density at radius 2 is 2.31 bits per heavy atom. The van der Waals surface area contributed by atoms with Crippen molar-refractivity contribution in [3.63, 3.8) is 0 Å². The molecule has 0 aliphatic carbocycles. The predicted octanol–water partition coefficient (Wildman–Crippen LogP) is 1.70. The third kappa shape index (κ3) is 1.85. The molecule has 5 heteroatoms. The molecule has 0 radical (unpaired) electrons. The molecule has 1 aromatic heterocycles. The number of hydrogen-bond donors (Lipinski definition) is 0. The molecule has 0 unspecified atom stereocenters. The summed E-state index contributed by atoms with van der Waals surface area (Å²) in [5.41, 5.74) is -0.610. The van der Waals surface area contributed by atoms with Gasteiger partial charge < -0.3 is 0 Å². The van der Waals surface area contributed by atoms with Crippen molar-refractivity contribution in [1.82, 2.24) is 4.98 Å². The zero-order valence-electron chi connectivity index (χ0n) is 6.37. The van der Waals surface area contributed by atoms with Crippen LogP contribution in [0.2, 0.25) is 0 Å². The number of alkyl halides is 2. The second-order valence-corrected chi connectivity index (χ2v) is 2.24. The molecule has 1 aromatic rings. The molecule has 1 rings (SSSR count). The maximum atomic E-state index is 12.1. The van der Waals surface area contributed by atoms with Gasteiger partial charge >= 0.3 is 0 Å². The summed E-state index contributed by atoms with van der Waals surface area (Å²) in [5.74, 6) is 0. The average Bonchev–Trinajstić information content (AvgIpc) is 2.16. The van der Waals surface area contributed by atoms with Gasteiger partial charge in [0.1, 0.15) is 6.07 Å². The molecule has 0 spiro atoms. The first-order chi connectivity index (χ1) is 6.19. The van der Waals surface area contributed by atoms with E-state index in [2.05, 4.69) is 4.98 Å². The van der Waals surface area contributed by atoms with Crippen LogP contribution in [0.3, 0.4) is 0 Å². The quantitative estimate of drug-likeness (QED) is 0.654. The molecule has 0 aliphatic rings. The van der Waals surface area contributed by atoms with Crippen molar-refractivity contribution in [2.45, 2.75) is 6.43 Å². The van der Waals surface area contributed by atoms with Crippen molar-refractivity contribution in [2.24, 2.45) is 0 Å². The van der Waals surface area contributed by atoms with Gasteiger partial charge in [-0.3, -0.25) is 4.79 Å². The van der Waals surface area contributed by atoms with E-state index in [0.29, 0.717) is 6.29 Å². The van der Waals surface area contributed by atoms with E-state index in [0.717, 1.165) is 12.3 Å². The summed E-state index contributed by atoms with van der Waals surface area (Å²) in [4.78, 5) is 13.7. The minimum absolute atomic E-state index is 0.111. The third-order valence-corrected chi connectivity index (χ3v) is 1.42. The molecule has 0 saturated carbocycles. The number of carbonyl (C=O) groups is 1. The maximum absolute atomic E-state index is 12.1. The zero-order chi connectivity index (χ0) is 9.84. The van der Waals surface area contributed by atoms with E-state index in [-0.39, 0.29) is 16.8 Å². The largest absolute Gasteiger partial charge is 0.298 e. The van der Waals surface area contributed by atoms with Gasteiger partial charge in [0.05, 0.1) is 5.56 Å². The Morgan fingerprint density at radius 3 is 2.77 bits per heavy atom. The summed E-state index contributed by atoms with van der Waals surface area (Å²) in [6.45, 7) is 0. The molecule has 0 bridgehead atoms. The maximum Gasteiger partial charge on any atom is 0.265 e. The number of nitriles is 1. The number of pyridine rings is 1. The molecular weight excluding hydrogens is 178 g/mol. The number of aromatic nitrogens is 1. The fourth-order valence-electron chi connectivity index (χ4n) is 0.801. The van der Waals surface area contributed by atoms with Crippen LogP contribution < -0.4 is 0 Å². The lowest BCUT2D eigenvalue weighted by Gasteiger charge is -1.99. The molecule has 0 atom stereocenters. The van der Waals surface area contributed by atoms with Crippen LogP contribution in [0.25, 0.3) is 0 Å². The van der Waals surface area contributed by atoms with E-state index in [1.165, 1.54) is 0 Å². The molecule has 0 amide bonds. The van der Waals surface area contributed by atoms with E-state index in [4.69, 9.17) is 5.26 Å². The highest BCUT2D eigenvalue weighted by molar-refractivity contribution is 5.78. The fourth-order valence-corrected chi connectivity index (χ4v) is 0.801. The van der Waals surface area contributed by atoms with Crippen molar-refractivity contribution >= 4 is 6.29 Å². The van der Waals surface area contributed by atoms with Crippen LogP contribution in [0, 0.1) is 11.3 Å². The lowest BCUT2D eigenvalue weighted by Crippen LogP contribution is -1.95. The van der Waals surface area contributed by atoms with Crippen LogP contribution in [0.5, 0.6) is 0 Å². The number of rotatable bonds is 2. The number of carbonyl (C=O) groups excluding carboxylic acids is 1. The number of aldehydes is 1. The Hall–Kier alpha value is -1.83. The van der Waals surface area contributed by atoms with Crippen LogP contribution >= 0.6 is 0 Å². The minimum atomic E-state index is -2.68. The number of nitrogens with zero attached hydrogens (tertiary/aromatic N) is 2. The predicted molar refractivity (Wildman–Crippen MR) is 39.3 cm³/mol. The minimum Gasteiger partial charge on any atom is -0.298 e. The second kappa shape index (κ2) is 3.72. The Balaban J connectivity index is 3.22. The van der Waals surface area contributed by atoms with E-state index in [1.54, 1.807) is 6.07 Å². The van der Waals surface area contributed by atoms with Crippen molar-refractivity contribution in [3.05, 3.63) is 29.1 Å². The summed E-state index contributed by atoms with van der Waals surface area (Å²) in [6.07, 6.45) is -1.47. The first-order valence-electron chi connectivity index (χ1n) is 3.32. The van der Waals surface area contributed by atoms with Gasteiger partial charge in [-0.1, -0.05) is 0 Å². The lowest BCUT2D eigenvalue weighted by molar-refractivity contribution is 0.112. The summed E-state index contributed by atoms with van der Waals surface area (Å²) < 4.78 is 24.2. The molecule has 1 heterocycles. The van der Waals surface area contributed by atoms with Crippen molar-refractivity contribution in [3.8, 4) is 6.07 Å². The lowest BCUT2D eigenvalue weighted by atomic mass is 10.1. The van der Waals surface area contributed by atoms with E-state index in [9.17, 15) is 13.6 Å². The van der Waals surface area contributed by atoms with Crippen LogP contribution in [0.15, 0.2) is 12.3 Å². The normalized spacial score (nSPS) is 9.69. The van der Waals surface area contributed by atoms with Gasteiger partial charge in [-0.05, 0) is 6.07 Å². The van der Waals surface area contributed by atoms with Gasteiger partial charge in [-0.15, -0.1) is 0 Å². The van der Waals surface area contributed by atoms with Gasteiger partial charge in [-0.25, -0.2) is 13.8 Å². The summed E-state index contributed by atoms with van der Waals surface area (Å²) in [7, 11) is 0. The molecular formula is C8H4F2N2O. The highest BCUT2D eigenvalue weighted by Gasteiger charge is 2.10. The first-order valence-corrected chi connectivity index (χ1v) is 3.32. The smallest absolute Gasteiger partial charge is 0.265 e. The van der Waals surface area contributed by atoms with Crippen molar-refractivity contribution in [1.29, 1.82) is 5.26 Å². The highest BCUT2D eigenvalue weighted by Crippen LogP contribution is 2.18. The van der Waals surface area contributed by atoms with Crippen LogP contribution in [-0.4, -0.2) is 11.3 Å². The standard InChI is InChI=1S/C8H4F2N2O/c9-8(10)5-1-6(4-13)7(2-11)12-3-5/h1,3-4,8H. The third-order valence-electron chi connectivity index (χ3n) is 1.42. The topological polar surface area (TPSA) is 53.8 Å². The summed E-state index contributed by atoms with van der Waals surface area (Å²) >= 11 is 0. The van der Waals surface area contributed by atoms with Gasteiger partial charge in [-0.2, -0.15) is 5.26 Å². The monoisotopic (exact) mass is 182 g/mol. The average molecular weight is 182 g/mol. The molecule has 0 fully saturated rings. The zero-order valence-corrected chi connectivity index (χ0v) is 6.37. The van der Waals surface area contributed by atoms with Crippen LogP contribution in [0.1, 0.15) is 28.0 Å². The van der Waals surface area contributed by atoms with Crippen LogP contribution in [-0.2, 0) is 0 Å². The number of hydrogen-bond acceptors (Lipinski definition) is 3. The van der Waals surface area contributed by atoms with E-state index in [1.807, 2.05) is 0 Å². The van der Waals surface area contributed by atoms with Crippen molar-refractivity contribution in [2.75, 3.05) is 0 Å². The van der Waals surface area contributed by atoms with E-state index >= 15 is 0 Å². The van der Waals surface area contributed by atoms with E-state index < -0.39 is 6.43 Å². The summed E-state index contributed by atoms with van der Waals surface area (Å²) in [5, 5.41) is 8.42. The molecule has 0 aliphatic heterocycles. The molecule has 3 nitrogen and oxygen atoms in total. The second-order valence-electron chi connectivity index (χ2n) is 2.24. The Labute approximate surface area is 72.6 Å². The van der Waals surface area contributed by atoms with Gasteiger partial charge in [0.15, 0.2) is 12.0 Å². The SMILES string of the molecule is N#Cc1ncc(C(F)F)cc1C=O.